The molecular formula is C30H36IrN2O2-2. The first-order valence-electron chi connectivity index (χ1n) is 11.3. The molecule has 0 atom stereocenters. The monoisotopic (exact) mass is 649 g/mol. The minimum Gasteiger partial charge on any atom is -0.400 e. The molecule has 0 aliphatic heterocycles. The molecule has 2 N–H and O–H groups in total. The number of hydrogen-bond acceptors (Lipinski definition) is 4. The van der Waals surface area contributed by atoms with E-state index >= 15 is 0 Å². The maximum Gasteiger partial charge on any atom is 0.0319 e. The Hall–Kier alpha value is -2.69. The standard InChI is InChI=1S/2C14H14N.2CH4O.Ir/c2*1-11(2)12-6-5-7-13(10-12)14-8-3-4-9-15-14;2*1-2;/h2*3-6,8-11H,1-2H3;2*2H,1H3;/q2*-1;;;. The Balaban J connectivity index is 0.000000565. The van der Waals surface area contributed by atoms with Crippen LogP contribution in [-0.2, 0) is 20.1 Å². The van der Waals surface area contributed by atoms with Crippen LogP contribution in [0.2, 0.25) is 0 Å². The summed E-state index contributed by atoms with van der Waals surface area (Å²) in [7, 11) is 2.00. The van der Waals surface area contributed by atoms with Gasteiger partial charge in [-0.1, -0.05) is 52.0 Å². The Kier molecular flexibility index (Phi) is 17.2. The van der Waals surface area contributed by atoms with Crippen LogP contribution in [0.4, 0.5) is 0 Å². The van der Waals surface area contributed by atoms with Crippen molar-refractivity contribution in [1.29, 1.82) is 0 Å². The number of aliphatic hydroxyl groups excluding tert-OH is 2. The second-order valence-corrected chi connectivity index (χ2v) is 7.81. The number of pyridine rings is 2. The molecule has 2 heterocycles. The summed E-state index contributed by atoms with van der Waals surface area (Å²) in [6.07, 6.45) is 3.62. The summed E-state index contributed by atoms with van der Waals surface area (Å²) < 4.78 is 0. The van der Waals surface area contributed by atoms with E-state index in [0.29, 0.717) is 11.8 Å². The van der Waals surface area contributed by atoms with Crippen molar-refractivity contribution in [3.63, 3.8) is 0 Å². The average Bonchev–Trinajstić information content (AvgIpc) is 2.92. The number of rotatable bonds is 4. The van der Waals surface area contributed by atoms with Gasteiger partial charge in [0.25, 0.3) is 0 Å². The average molecular weight is 649 g/mol. The van der Waals surface area contributed by atoms with Gasteiger partial charge in [0, 0.05) is 46.7 Å². The van der Waals surface area contributed by atoms with Crippen LogP contribution in [0, 0.1) is 12.1 Å². The molecule has 2 aromatic carbocycles. The zero-order valence-corrected chi connectivity index (χ0v) is 23.8. The molecule has 2 aromatic heterocycles. The molecule has 0 bridgehead atoms. The number of benzene rings is 2. The van der Waals surface area contributed by atoms with E-state index in [1.165, 1.54) is 11.1 Å². The van der Waals surface area contributed by atoms with Crippen LogP contribution < -0.4 is 0 Å². The minimum absolute atomic E-state index is 0. The van der Waals surface area contributed by atoms with Crippen molar-refractivity contribution in [2.24, 2.45) is 0 Å². The summed E-state index contributed by atoms with van der Waals surface area (Å²) >= 11 is 0. The number of aromatic nitrogens is 2. The maximum atomic E-state index is 7.00. The zero-order valence-electron chi connectivity index (χ0n) is 21.4. The van der Waals surface area contributed by atoms with Gasteiger partial charge in [0.15, 0.2) is 0 Å². The fourth-order valence-corrected chi connectivity index (χ4v) is 3.03. The second-order valence-electron chi connectivity index (χ2n) is 7.81. The summed E-state index contributed by atoms with van der Waals surface area (Å²) in [6, 6.07) is 30.8. The fourth-order valence-electron chi connectivity index (χ4n) is 3.03. The first kappa shape index (κ1) is 32.3. The van der Waals surface area contributed by atoms with Crippen molar-refractivity contribution in [1.82, 2.24) is 9.97 Å². The van der Waals surface area contributed by atoms with Crippen LogP contribution >= 0.6 is 0 Å². The van der Waals surface area contributed by atoms with Gasteiger partial charge >= 0.3 is 0 Å². The van der Waals surface area contributed by atoms with E-state index in [1.807, 2.05) is 60.9 Å². The van der Waals surface area contributed by atoms with Gasteiger partial charge in [-0.15, -0.1) is 70.8 Å². The topological polar surface area (TPSA) is 66.2 Å². The summed E-state index contributed by atoms with van der Waals surface area (Å²) in [4.78, 5) is 8.64. The van der Waals surface area contributed by atoms with E-state index in [2.05, 4.69) is 74.1 Å². The van der Waals surface area contributed by atoms with Crippen LogP contribution in [0.15, 0.2) is 85.2 Å². The molecule has 1 radical (unpaired) electrons. The molecule has 0 spiro atoms. The fraction of sp³-hybridized carbons (Fsp3) is 0.267. The SMILES string of the molecule is CC(C)c1cc[c-]c(-c2ccccn2)c1.CC(C)c1cc[c-]c(-c2ccccn2)c1.CO.CO.[Ir]. The second kappa shape index (κ2) is 18.6. The van der Waals surface area contributed by atoms with E-state index in [0.717, 1.165) is 36.7 Å². The number of nitrogens with zero attached hydrogens (tertiary/aromatic N) is 2. The van der Waals surface area contributed by atoms with Gasteiger partial charge in [-0.25, -0.2) is 0 Å². The Morgan fingerprint density at radius 2 is 0.971 bits per heavy atom. The first-order valence-corrected chi connectivity index (χ1v) is 11.3. The molecule has 0 amide bonds. The molecule has 5 heteroatoms. The van der Waals surface area contributed by atoms with E-state index in [1.54, 1.807) is 0 Å². The van der Waals surface area contributed by atoms with Gasteiger partial charge < -0.3 is 20.2 Å². The Bertz CT molecular complexity index is 969. The van der Waals surface area contributed by atoms with Gasteiger partial charge in [-0.05, 0) is 35.4 Å². The van der Waals surface area contributed by atoms with Crippen molar-refractivity contribution in [3.8, 4) is 22.5 Å². The van der Waals surface area contributed by atoms with Crippen molar-refractivity contribution >= 4 is 0 Å². The van der Waals surface area contributed by atoms with Crippen LogP contribution in [0.1, 0.15) is 50.7 Å². The summed E-state index contributed by atoms with van der Waals surface area (Å²) in [6.45, 7) is 8.77. The van der Waals surface area contributed by atoms with Crippen LogP contribution in [0.3, 0.4) is 0 Å². The number of aliphatic hydroxyl groups is 2. The Labute approximate surface area is 224 Å². The largest absolute Gasteiger partial charge is 0.400 e. The molecule has 4 nitrogen and oxygen atoms in total. The summed E-state index contributed by atoms with van der Waals surface area (Å²) in [5.74, 6) is 1.09. The summed E-state index contributed by atoms with van der Waals surface area (Å²) in [5, 5.41) is 14.0. The molecule has 0 aliphatic rings. The molecular weight excluding hydrogens is 613 g/mol. The van der Waals surface area contributed by atoms with Crippen LogP contribution in [-0.4, -0.2) is 34.4 Å². The zero-order chi connectivity index (χ0) is 25.3. The van der Waals surface area contributed by atoms with Gasteiger partial charge in [-0.3, -0.25) is 0 Å². The molecule has 4 rings (SSSR count). The van der Waals surface area contributed by atoms with E-state index < -0.39 is 0 Å². The maximum absolute atomic E-state index is 7.00. The molecule has 0 saturated heterocycles. The predicted octanol–water partition coefficient (Wildman–Crippen LogP) is 6.56. The third-order valence-corrected chi connectivity index (χ3v) is 4.87. The van der Waals surface area contributed by atoms with Crippen molar-refractivity contribution in [2.75, 3.05) is 14.2 Å². The quantitative estimate of drug-likeness (QED) is 0.246. The molecule has 189 valence electrons. The van der Waals surface area contributed by atoms with Crippen molar-refractivity contribution in [2.45, 2.75) is 39.5 Å². The van der Waals surface area contributed by atoms with Gasteiger partial charge in [0.2, 0.25) is 0 Å². The van der Waals surface area contributed by atoms with E-state index in [-0.39, 0.29) is 20.1 Å². The molecule has 4 aromatic rings. The molecule has 0 fully saturated rings. The van der Waals surface area contributed by atoms with E-state index in [9.17, 15) is 0 Å². The normalized spacial score (nSPS) is 9.43. The number of hydrogen-bond donors (Lipinski definition) is 2. The van der Waals surface area contributed by atoms with Crippen LogP contribution in [0.25, 0.3) is 22.5 Å². The van der Waals surface area contributed by atoms with Gasteiger partial charge in [0.05, 0.1) is 0 Å². The Morgan fingerprint density at radius 1 is 0.600 bits per heavy atom. The first-order chi connectivity index (χ1) is 16.5. The molecule has 0 unspecified atom stereocenters. The molecule has 0 saturated carbocycles. The molecule has 35 heavy (non-hydrogen) atoms. The van der Waals surface area contributed by atoms with Crippen LogP contribution in [0.5, 0.6) is 0 Å². The van der Waals surface area contributed by atoms with Crippen molar-refractivity contribution < 1.29 is 30.3 Å². The minimum atomic E-state index is 0. The van der Waals surface area contributed by atoms with Gasteiger partial charge in [0.1, 0.15) is 0 Å². The van der Waals surface area contributed by atoms with E-state index in [4.69, 9.17) is 10.2 Å². The van der Waals surface area contributed by atoms with Gasteiger partial charge in [-0.2, -0.15) is 0 Å². The smallest absolute Gasteiger partial charge is 0.0319 e. The summed E-state index contributed by atoms with van der Waals surface area (Å²) in [5.41, 5.74) is 6.77. The third-order valence-electron chi connectivity index (χ3n) is 4.87. The third kappa shape index (κ3) is 11.1. The predicted molar refractivity (Wildman–Crippen MR) is 141 cm³/mol. The molecule has 0 aliphatic carbocycles. The van der Waals surface area contributed by atoms with Crippen molar-refractivity contribution in [3.05, 3.63) is 108 Å². The Morgan fingerprint density at radius 3 is 1.26 bits per heavy atom.